The first-order valence-electron chi connectivity index (χ1n) is 9.47. The number of nitrogens with zero attached hydrogens (tertiary/aromatic N) is 3. The summed E-state index contributed by atoms with van der Waals surface area (Å²) in [4.78, 5) is 9.47. The van der Waals surface area contributed by atoms with Gasteiger partial charge in [0.1, 0.15) is 0 Å². The number of benzene rings is 1. The molecule has 1 aromatic heterocycles. The predicted octanol–water partition coefficient (Wildman–Crippen LogP) is 2.78. The van der Waals surface area contributed by atoms with Gasteiger partial charge < -0.3 is 15.1 Å². The predicted molar refractivity (Wildman–Crippen MR) is 117 cm³/mol. The van der Waals surface area contributed by atoms with E-state index in [9.17, 15) is 4.21 Å². The standard InChI is InChI=1S/C20H28N4OS2/c1-2-21-20(22-10-16-27(25)17-18-7-4-3-5-8-18)24-13-11-23(12-14-24)19-9-6-15-26-19/h3-9,15H,2,10-14,16-17H2,1H3,(H,21,22). The molecular formula is C20H28N4OS2. The van der Waals surface area contributed by atoms with Crippen LogP contribution in [-0.4, -0.2) is 60.1 Å². The van der Waals surface area contributed by atoms with Crippen LogP contribution >= 0.6 is 11.3 Å². The van der Waals surface area contributed by atoms with E-state index in [1.54, 1.807) is 11.3 Å². The molecule has 1 atom stereocenters. The largest absolute Gasteiger partial charge is 0.360 e. The van der Waals surface area contributed by atoms with Gasteiger partial charge in [0.25, 0.3) is 0 Å². The Hall–Kier alpha value is -1.86. The Morgan fingerprint density at radius 3 is 2.59 bits per heavy atom. The second-order valence-corrected chi connectivity index (χ2v) is 8.94. The SMILES string of the molecule is CCNC(=NCCS(=O)Cc1ccccc1)N1CCN(c2cccs2)CC1. The number of piperazine rings is 1. The van der Waals surface area contributed by atoms with Crippen LogP contribution in [0.25, 0.3) is 0 Å². The lowest BCUT2D eigenvalue weighted by Crippen LogP contribution is -2.52. The minimum Gasteiger partial charge on any atom is -0.360 e. The number of nitrogens with one attached hydrogen (secondary N) is 1. The van der Waals surface area contributed by atoms with Crippen LogP contribution in [0.2, 0.25) is 0 Å². The molecular weight excluding hydrogens is 376 g/mol. The molecule has 0 aliphatic carbocycles. The molecule has 1 aliphatic rings. The zero-order valence-electron chi connectivity index (χ0n) is 15.8. The summed E-state index contributed by atoms with van der Waals surface area (Å²) in [5, 5.41) is 6.85. The van der Waals surface area contributed by atoms with E-state index < -0.39 is 10.8 Å². The Balaban J connectivity index is 1.48. The van der Waals surface area contributed by atoms with Crippen LogP contribution in [0.4, 0.5) is 5.00 Å². The molecule has 2 heterocycles. The number of guanidine groups is 1. The molecule has 0 saturated carbocycles. The summed E-state index contributed by atoms with van der Waals surface area (Å²) in [6.45, 7) is 7.44. The lowest BCUT2D eigenvalue weighted by molar-refractivity contribution is 0.374. The van der Waals surface area contributed by atoms with Gasteiger partial charge in [-0.2, -0.15) is 0 Å². The molecule has 1 N–H and O–H groups in total. The topological polar surface area (TPSA) is 47.9 Å². The quantitative estimate of drug-likeness (QED) is 0.569. The normalized spacial score (nSPS) is 16.4. The Morgan fingerprint density at radius 2 is 1.93 bits per heavy atom. The zero-order chi connectivity index (χ0) is 18.9. The molecule has 0 amide bonds. The molecule has 27 heavy (non-hydrogen) atoms. The summed E-state index contributed by atoms with van der Waals surface area (Å²) in [6, 6.07) is 14.3. The van der Waals surface area contributed by atoms with Crippen LogP contribution in [-0.2, 0) is 16.6 Å². The van der Waals surface area contributed by atoms with Gasteiger partial charge in [-0.25, -0.2) is 0 Å². The second kappa shape index (κ2) is 10.5. The molecule has 1 saturated heterocycles. The average molecular weight is 405 g/mol. The number of thiophene rings is 1. The van der Waals surface area contributed by atoms with Crippen molar-refractivity contribution in [3.05, 3.63) is 53.4 Å². The van der Waals surface area contributed by atoms with Crippen molar-refractivity contribution in [1.29, 1.82) is 0 Å². The van der Waals surface area contributed by atoms with Gasteiger partial charge in [-0.1, -0.05) is 30.3 Å². The number of hydrogen-bond donors (Lipinski definition) is 1. The molecule has 0 spiro atoms. The van der Waals surface area contributed by atoms with Crippen molar-refractivity contribution in [3.63, 3.8) is 0 Å². The Labute approximate surface area is 168 Å². The van der Waals surface area contributed by atoms with Gasteiger partial charge in [0.05, 0.1) is 11.5 Å². The molecule has 5 nitrogen and oxygen atoms in total. The highest BCUT2D eigenvalue weighted by atomic mass is 32.2. The van der Waals surface area contributed by atoms with Crippen LogP contribution in [0.1, 0.15) is 12.5 Å². The molecule has 7 heteroatoms. The van der Waals surface area contributed by atoms with E-state index in [1.807, 2.05) is 30.3 Å². The minimum atomic E-state index is -0.883. The zero-order valence-corrected chi connectivity index (χ0v) is 17.5. The number of aliphatic imine (C=N–C) groups is 1. The maximum Gasteiger partial charge on any atom is 0.194 e. The smallest absolute Gasteiger partial charge is 0.194 e. The highest BCUT2D eigenvalue weighted by Gasteiger charge is 2.20. The van der Waals surface area contributed by atoms with E-state index in [1.165, 1.54) is 5.00 Å². The van der Waals surface area contributed by atoms with E-state index in [-0.39, 0.29) is 0 Å². The molecule has 1 unspecified atom stereocenters. The lowest BCUT2D eigenvalue weighted by Gasteiger charge is -2.37. The van der Waals surface area contributed by atoms with Gasteiger partial charge in [-0.05, 0) is 30.0 Å². The molecule has 3 rings (SSSR count). The number of anilines is 1. The van der Waals surface area contributed by atoms with Gasteiger partial charge in [-0.15, -0.1) is 11.3 Å². The van der Waals surface area contributed by atoms with E-state index >= 15 is 0 Å². The first kappa shape index (κ1) is 19.9. The minimum absolute atomic E-state index is 0.590. The Bertz CT molecular complexity index is 726. The fourth-order valence-electron chi connectivity index (χ4n) is 3.10. The van der Waals surface area contributed by atoms with Crippen molar-refractivity contribution >= 4 is 33.1 Å². The second-order valence-electron chi connectivity index (χ2n) is 6.43. The van der Waals surface area contributed by atoms with Crippen LogP contribution in [0, 0.1) is 0 Å². The fourth-order valence-corrected chi connectivity index (χ4v) is 4.89. The molecule has 2 aromatic rings. The van der Waals surface area contributed by atoms with Crippen LogP contribution < -0.4 is 10.2 Å². The summed E-state index contributed by atoms with van der Waals surface area (Å²) >= 11 is 1.79. The van der Waals surface area contributed by atoms with E-state index in [4.69, 9.17) is 4.99 Å². The summed E-state index contributed by atoms with van der Waals surface area (Å²) in [5.74, 6) is 2.14. The lowest BCUT2D eigenvalue weighted by atomic mass is 10.2. The third-order valence-corrected chi connectivity index (χ3v) is 6.71. The molecule has 0 radical (unpaired) electrons. The van der Waals surface area contributed by atoms with E-state index in [2.05, 4.69) is 39.6 Å². The van der Waals surface area contributed by atoms with Crippen molar-refractivity contribution < 1.29 is 4.21 Å². The van der Waals surface area contributed by atoms with Gasteiger partial charge in [0.15, 0.2) is 5.96 Å². The number of rotatable bonds is 7. The number of hydrogen-bond acceptors (Lipinski definition) is 4. The summed E-state index contributed by atoms with van der Waals surface area (Å²) in [6.07, 6.45) is 0. The molecule has 1 fully saturated rings. The average Bonchev–Trinajstić information content (AvgIpc) is 3.23. The fraction of sp³-hybridized carbons (Fsp3) is 0.450. The van der Waals surface area contributed by atoms with E-state index in [0.29, 0.717) is 18.1 Å². The molecule has 1 aliphatic heterocycles. The molecule has 146 valence electrons. The highest BCUT2D eigenvalue weighted by Crippen LogP contribution is 2.22. The maximum atomic E-state index is 12.3. The molecule has 0 bridgehead atoms. The van der Waals surface area contributed by atoms with Crippen molar-refractivity contribution in [1.82, 2.24) is 10.2 Å². The van der Waals surface area contributed by atoms with Crippen LogP contribution in [0.15, 0.2) is 52.8 Å². The monoisotopic (exact) mass is 404 g/mol. The third kappa shape index (κ3) is 6.07. The Morgan fingerprint density at radius 1 is 1.15 bits per heavy atom. The maximum absolute atomic E-state index is 12.3. The van der Waals surface area contributed by atoms with E-state index in [0.717, 1.165) is 44.2 Å². The van der Waals surface area contributed by atoms with Gasteiger partial charge in [-0.3, -0.25) is 9.20 Å². The van der Waals surface area contributed by atoms with Crippen molar-refractivity contribution in [3.8, 4) is 0 Å². The van der Waals surface area contributed by atoms with Crippen molar-refractivity contribution in [2.24, 2.45) is 4.99 Å². The van der Waals surface area contributed by atoms with Gasteiger partial charge >= 0.3 is 0 Å². The first-order valence-corrected chi connectivity index (χ1v) is 11.8. The first-order chi connectivity index (χ1) is 13.3. The van der Waals surface area contributed by atoms with Crippen molar-refractivity contribution in [2.75, 3.05) is 49.9 Å². The van der Waals surface area contributed by atoms with Crippen LogP contribution in [0.5, 0.6) is 0 Å². The van der Waals surface area contributed by atoms with Gasteiger partial charge in [0.2, 0.25) is 0 Å². The van der Waals surface area contributed by atoms with Gasteiger partial charge in [0, 0.05) is 55.0 Å². The Kier molecular flexibility index (Phi) is 7.71. The highest BCUT2D eigenvalue weighted by molar-refractivity contribution is 7.84. The summed E-state index contributed by atoms with van der Waals surface area (Å²) in [5.41, 5.74) is 1.12. The van der Waals surface area contributed by atoms with Crippen molar-refractivity contribution in [2.45, 2.75) is 12.7 Å². The summed E-state index contributed by atoms with van der Waals surface area (Å²) < 4.78 is 12.3. The summed E-state index contributed by atoms with van der Waals surface area (Å²) in [7, 11) is -0.883. The van der Waals surface area contributed by atoms with Crippen LogP contribution in [0.3, 0.4) is 0 Å². The third-order valence-electron chi connectivity index (χ3n) is 4.48. The molecule has 1 aromatic carbocycles.